The molecule has 11 nitrogen and oxygen atoms in total. The number of guanidine groups is 1. The normalized spacial score (nSPS) is 14.3. The van der Waals surface area contributed by atoms with Crippen LogP contribution in [0.2, 0.25) is 0 Å². The van der Waals surface area contributed by atoms with E-state index in [1.165, 1.54) is 17.6 Å². The van der Waals surface area contributed by atoms with Crippen molar-refractivity contribution in [1.82, 2.24) is 9.88 Å². The maximum atomic E-state index is 14.8. The molecule has 15 heteroatoms. The second-order valence-corrected chi connectivity index (χ2v) is 12.2. The minimum absolute atomic E-state index is 0.0720. The quantitative estimate of drug-likeness (QED) is 0.380. The van der Waals surface area contributed by atoms with Gasteiger partial charge in [-0.3, -0.25) is 9.79 Å². The van der Waals surface area contributed by atoms with E-state index in [1.54, 1.807) is 32.3 Å². The van der Waals surface area contributed by atoms with Crippen molar-refractivity contribution in [3.8, 4) is 0 Å². The average Bonchev–Trinajstić information content (AvgIpc) is 3.38. The standard InChI is InChI=1S/C20H26FN6O5PS2/c1-20(2,3)32-18(29)16-17(34-11-24-16)27(33-4)35(30,31)12-5-6-14(13(21)9-12)25-15(28)10-26-8-7-23-19(26)22/h5-6,9,11,33H,7-8,10H2,1-4H3,(H2,22,23)(H,25,28). The fourth-order valence-electron chi connectivity index (χ4n) is 3.07. The summed E-state index contributed by atoms with van der Waals surface area (Å²) in [5.74, 6) is -1.99. The van der Waals surface area contributed by atoms with Gasteiger partial charge in [-0.25, -0.2) is 26.7 Å². The van der Waals surface area contributed by atoms with Crippen LogP contribution < -0.4 is 15.1 Å². The molecule has 0 bridgehead atoms. The highest BCUT2D eigenvalue weighted by Crippen LogP contribution is 2.38. The van der Waals surface area contributed by atoms with Crippen molar-refractivity contribution in [3.63, 3.8) is 0 Å². The number of sulfonamides is 1. The molecule has 0 radical (unpaired) electrons. The molecule has 0 fully saturated rings. The third kappa shape index (κ3) is 6.24. The van der Waals surface area contributed by atoms with E-state index >= 15 is 0 Å². The average molecular weight is 545 g/mol. The molecule has 1 aliphatic heterocycles. The minimum atomic E-state index is -4.25. The lowest BCUT2D eigenvalue weighted by atomic mass is 10.2. The van der Waals surface area contributed by atoms with E-state index in [4.69, 9.17) is 10.5 Å². The summed E-state index contributed by atoms with van der Waals surface area (Å²) in [4.78, 5) is 34.0. The summed E-state index contributed by atoms with van der Waals surface area (Å²) < 4.78 is 47.8. The number of carbonyl (C=O) groups is 2. The monoisotopic (exact) mass is 544 g/mol. The maximum absolute atomic E-state index is 14.8. The largest absolute Gasteiger partial charge is 0.455 e. The molecule has 190 valence electrons. The number of esters is 1. The van der Waals surface area contributed by atoms with E-state index < -0.39 is 33.3 Å². The first kappa shape index (κ1) is 26.8. The molecule has 35 heavy (non-hydrogen) atoms. The zero-order chi connectivity index (χ0) is 26.0. The third-order valence-electron chi connectivity index (χ3n) is 4.58. The van der Waals surface area contributed by atoms with Crippen LogP contribution in [0.1, 0.15) is 31.3 Å². The number of rotatable bonds is 8. The van der Waals surface area contributed by atoms with Gasteiger partial charge in [-0.1, -0.05) is 0 Å². The number of nitrogens with two attached hydrogens (primary N) is 1. The van der Waals surface area contributed by atoms with E-state index in [9.17, 15) is 22.4 Å². The fourth-order valence-corrected chi connectivity index (χ4v) is 7.12. The minimum Gasteiger partial charge on any atom is -0.455 e. The van der Waals surface area contributed by atoms with Crippen LogP contribution in [0.3, 0.4) is 0 Å². The van der Waals surface area contributed by atoms with Crippen molar-refractivity contribution in [3.05, 3.63) is 35.2 Å². The third-order valence-corrected chi connectivity index (χ3v) is 9.08. The molecule has 3 N–H and O–H groups in total. The summed E-state index contributed by atoms with van der Waals surface area (Å²) in [6.07, 6.45) is 0. The second kappa shape index (κ2) is 10.4. The molecule has 0 saturated carbocycles. The highest BCUT2D eigenvalue weighted by atomic mass is 32.2. The van der Waals surface area contributed by atoms with E-state index in [2.05, 4.69) is 15.3 Å². The van der Waals surface area contributed by atoms with Crippen molar-refractivity contribution >= 4 is 58.6 Å². The second-order valence-electron chi connectivity index (χ2n) is 8.35. The first-order valence-corrected chi connectivity index (χ1v) is 14.1. The first-order chi connectivity index (χ1) is 16.3. The van der Waals surface area contributed by atoms with Crippen LogP contribution in [0.4, 0.5) is 15.1 Å². The van der Waals surface area contributed by atoms with E-state index in [0.717, 1.165) is 21.5 Å². The molecule has 0 aliphatic carbocycles. The Morgan fingerprint density at radius 1 is 1.37 bits per heavy atom. The Balaban J connectivity index is 1.82. The van der Waals surface area contributed by atoms with Gasteiger partial charge in [-0.2, -0.15) is 0 Å². The van der Waals surface area contributed by atoms with Crippen LogP contribution in [-0.2, 0) is 19.6 Å². The molecule has 2 heterocycles. The van der Waals surface area contributed by atoms with Gasteiger partial charge in [0.25, 0.3) is 10.0 Å². The molecule has 3 rings (SSSR count). The van der Waals surface area contributed by atoms with Gasteiger partial charge in [-0.15, -0.1) is 11.3 Å². The predicted molar refractivity (Wildman–Crippen MR) is 134 cm³/mol. The van der Waals surface area contributed by atoms with Gasteiger partial charge in [-0.05, 0) is 54.4 Å². The first-order valence-electron chi connectivity index (χ1n) is 10.4. The van der Waals surface area contributed by atoms with Crippen LogP contribution in [0.25, 0.3) is 0 Å². The van der Waals surface area contributed by atoms with Crippen LogP contribution in [0.5, 0.6) is 0 Å². The molecule has 1 unspecified atom stereocenters. The summed E-state index contributed by atoms with van der Waals surface area (Å²) in [6, 6.07) is 3.17. The summed E-state index contributed by atoms with van der Waals surface area (Å²) in [6.45, 7) is 7.50. The molecular weight excluding hydrogens is 518 g/mol. The Labute approximate surface area is 208 Å². The molecule has 0 saturated heterocycles. The smallest absolute Gasteiger partial charge is 0.360 e. The highest BCUT2D eigenvalue weighted by Gasteiger charge is 2.32. The van der Waals surface area contributed by atoms with Gasteiger partial charge < -0.3 is 20.7 Å². The molecule has 1 atom stereocenters. The van der Waals surface area contributed by atoms with Crippen molar-refractivity contribution in [1.29, 1.82) is 0 Å². The van der Waals surface area contributed by atoms with Crippen molar-refractivity contribution in [2.75, 3.05) is 35.7 Å². The summed E-state index contributed by atoms with van der Waals surface area (Å²) >= 11 is 0.955. The molecule has 1 aromatic carbocycles. The van der Waals surface area contributed by atoms with E-state index in [-0.39, 0.29) is 42.5 Å². The van der Waals surface area contributed by atoms with Crippen LogP contribution in [-0.4, -0.2) is 68.0 Å². The van der Waals surface area contributed by atoms with Crippen LogP contribution >= 0.6 is 20.1 Å². The van der Waals surface area contributed by atoms with Gasteiger partial charge >= 0.3 is 5.97 Å². The molecule has 1 aliphatic rings. The van der Waals surface area contributed by atoms with Gasteiger partial charge in [0, 0.05) is 6.54 Å². The van der Waals surface area contributed by atoms with Crippen molar-refractivity contribution in [2.24, 2.45) is 10.7 Å². The molecular formula is C20H26FN6O5PS2. The van der Waals surface area contributed by atoms with Crippen LogP contribution in [0, 0.1) is 5.82 Å². The molecule has 2 aromatic rings. The number of hydrogen-bond acceptors (Lipinski definition) is 10. The Morgan fingerprint density at radius 2 is 2.09 bits per heavy atom. The number of aromatic nitrogens is 1. The van der Waals surface area contributed by atoms with E-state index in [1.807, 2.05) is 0 Å². The lowest BCUT2D eigenvalue weighted by Gasteiger charge is -2.23. The number of carbonyl (C=O) groups excluding carboxylic acids is 2. The zero-order valence-electron chi connectivity index (χ0n) is 19.5. The molecule has 1 aromatic heterocycles. The van der Waals surface area contributed by atoms with Gasteiger partial charge in [0.05, 0.1) is 22.6 Å². The number of aliphatic imine (C=N–C) groups is 1. The zero-order valence-corrected chi connectivity index (χ0v) is 22.2. The Kier molecular flexibility index (Phi) is 7.97. The number of nitrogens with zero attached hydrogens (tertiary/aromatic N) is 4. The number of anilines is 2. The number of halogens is 1. The summed E-state index contributed by atoms with van der Waals surface area (Å²) in [5, 5.41) is 2.48. The molecule has 1 amide bonds. The Morgan fingerprint density at radius 3 is 2.66 bits per heavy atom. The number of amides is 1. The lowest BCUT2D eigenvalue weighted by molar-refractivity contribution is -0.116. The van der Waals surface area contributed by atoms with E-state index in [0.29, 0.717) is 13.1 Å². The summed E-state index contributed by atoms with van der Waals surface area (Å²) in [5.41, 5.74) is 5.90. The van der Waals surface area contributed by atoms with Gasteiger partial charge in [0.15, 0.2) is 11.7 Å². The molecule has 0 spiro atoms. The van der Waals surface area contributed by atoms with Crippen LogP contribution in [0.15, 0.2) is 33.6 Å². The van der Waals surface area contributed by atoms with Gasteiger partial charge in [0.1, 0.15) is 23.0 Å². The number of benzene rings is 1. The maximum Gasteiger partial charge on any atom is 0.360 e. The lowest BCUT2D eigenvalue weighted by Crippen LogP contribution is -2.39. The number of thiazole rings is 1. The topological polar surface area (TPSA) is 147 Å². The SMILES string of the molecule is CPN(c1scnc1C(=O)OC(C)(C)C)S(=O)(=O)c1ccc(NC(=O)CN2CCN=C2N)c(F)c1. The Hall–Kier alpha value is -2.83. The highest BCUT2D eigenvalue weighted by molar-refractivity contribution is 7.98. The fraction of sp³-hybridized carbons (Fsp3) is 0.400. The summed E-state index contributed by atoms with van der Waals surface area (Å²) in [7, 11) is -4.58. The predicted octanol–water partition coefficient (Wildman–Crippen LogP) is 2.22. The van der Waals surface area contributed by atoms with Gasteiger partial charge in [0.2, 0.25) is 5.91 Å². The van der Waals surface area contributed by atoms with Crippen molar-refractivity contribution in [2.45, 2.75) is 31.3 Å². The Bertz CT molecular complexity index is 1260. The number of hydrogen-bond donors (Lipinski definition) is 2. The number of ether oxygens (including phenoxy) is 1. The number of nitrogens with one attached hydrogen (secondary N) is 1. The van der Waals surface area contributed by atoms with Crippen molar-refractivity contribution < 1.29 is 27.1 Å².